The molecule has 0 aliphatic carbocycles. The number of carbonyl (C=O) groups is 3. The average Bonchev–Trinajstić information content (AvgIpc) is 2.75. The first-order valence-electron chi connectivity index (χ1n) is 9.40. The minimum absolute atomic E-state index is 0.244. The number of hydrogen-bond donors (Lipinski definition) is 1. The standard InChI is InChI=1S/C21H20FN3O4/c22-15-5-7-16(8-6-15)23-21(28)25-11-9-24(10-12-25)19(26)18-13-14-3-1-2-4-17(14)20(27)29-18/h1-8,18H,9-13H2,(H,23,28)/t18-/m0/s1. The Morgan fingerprint density at radius 1 is 0.966 bits per heavy atom. The lowest BCUT2D eigenvalue weighted by molar-refractivity contribution is -0.142. The highest BCUT2D eigenvalue weighted by molar-refractivity contribution is 5.96. The Bertz CT molecular complexity index is 939. The van der Waals surface area contributed by atoms with Crippen molar-refractivity contribution in [1.29, 1.82) is 0 Å². The van der Waals surface area contributed by atoms with Crippen LogP contribution >= 0.6 is 0 Å². The van der Waals surface area contributed by atoms with E-state index in [1.54, 1.807) is 21.9 Å². The van der Waals surface area contributed by atoms with E-state index in [4.69, 9.17) is 4.74 Å². The van der Waals surface area contributed by atoms with E-state index in [-0.39, 0.29) is 17.8 Å². The van der Waals surface area contributed by atoms with Gasteiger partial charge in [0.15, 0.2) is 6.10 Å². The van der Waals surface area contributed by atoms with Crippen molar-refractivity contribution in [2.75, 3.05) is 31.5 Å². The molecule has 7 nitrogen and oxygen atoms in total. The molecule has 4 rings (SSSR count). The molecule has 0 spiro atoms. The summed E-state index contributed by atoms with van der Waals surface area (Å²) in [4.78, 5) is 40.5. The van der Waals surface area contributed by atoms with E-state index in [9.17, 15) is 18.8 Å². The number of amides is 3. The van der Waals surface area contributed by atoms with Crippen molar-refractivity contribution in [2.45, 2.75) is 12.5 Å². The predicted octanol–water partition coefficient (Wildman–Crippen LogP) is 2.28. The van der Waals surface area contributed by atoms with Gasteiger partial charge in [-0.1, -0.05) is 18.2 Å². The molecular weight excluding hydrogens is 377 g/mol. The van der Waals surface area contributed by atoms with Crippen molar-refractivity contribution >= 4 is 23.6 Å². The molecule has 2 aromatic carbocycles. The Morgan fingerprint density at radius 2 is 1.62 bits per heavy atom. The summed E-state index contributed by atoms with van der Waals surface area (Å²) in [5.74, 6) is -1.10. The summed E-state index contributed by atoms with van der Waals surface area (Å²) in [6, 6.07) is 12.3. The van der Waals surface area contributed by atoms with E-state index in [0.29, 0.717) is 43.9 Å². The third-order valence-corrected chi connectivity index (χ3v) is 5.14. The van der Waals surface area contributed by atoms with E-state index < -0.39 is 12.1 Å². The molecule has 1 saturated heterocycles. The van der Waals surface area contributed by atoms with Gasteiger partial charge >= 0.3 is 12.0 Å². The molecule has 1 atom stereocenters. The Kier molecular flexibility index (Phi) is 5.16. The van der Waals surface area contributed by atoms with Crippen LogP contribution in [0.4, 0.5) is 14.9 Å². The van der Waals surface area contributed by atoms with Gasteiger partial charge in [0.2, 0.25) is 0 Å². The highest BCUT2D eigenvalue weighted by Gasteiger charge is 2.35. The molecule has 1 fully saturated rings. The summed E-state index contributed by atoms with van der Waals surface area (Å²) in [5, 5.41) is 2.71. The van der Waals surface area contributed by atoms with Crippen LogP contribution in [-0.2, 0) is 16.0 Å². The fourth-order valence-corrected chi connectivity index (χ4v) is 3.54. The van der Waals surface area contributed by atoms with Gasteiger partial charge in [0.05, 0.1) is 5.56 Å². The number of carbonyl (C=O) groups excluding carboxylic acids is 3. The molecule has 0 saturated carbocycles. The fourth-order valence-electron chi connectivity index (χ4n) is 3.54. The van der Waals surface area contributed by atoms with Crippen LogP contribution in [0.2, 0.25) is 0 Å². The van der Waals surface area contributed by atoms with E-state index >= 15 is 0 Å². The van der Waals surface area contributed by atoms with E-state index in [1.807, 2.05) is 12.1 Å². The highest BCUT2D eigenvalue weighted by Crippen LogP contribution is 2.22. The number of nitrogens with one attached hydrogen (secondary N) is 1. The molecule has 2 heterocycles. The first-order valence-corrected chi connectivity index (χ1v) is 9.40. The van der Waals surface area contributed by atoms with Gasteiger partial charge < -0.3 is 19.9 Å². The molecule has 0 bridgehead atoms. The summed E-state index contributed by atoms with van der Waals surface area (Å²) in [7, 11) is 0. The number of ether oxygens (including phenoxy) is 1. The van der Waals surface area contributed by atoms with Gasteiger partial charge in [0.25, 0.3) is 5.91 Å². The number of cyclic esters (lactones) is 1. The van der Waals surface area contributed by atoms with Crippen molar-refractivity contribution in [1.82, 2.24) is 9.80 Å². The summed E-state index contributed by atoms with van der Waals surface area (Å²) >= 11 is 0. The Balaban J connectivity index is 1.32. The van der Waals surface area contributed by atoms with Crippen LogP contribution in [0.1, 0.15) is 15.9 Å². The molecule has 2 aliphatic rings. The van der Waals surface area contributed by atoms with Crippen molar-refractivity contribution in [3.05, 3.63) is 65.5 Å². The Hall–Kier alpha value is -3.42. The Morgan fingerprint density at radius 3 is 2.34 bits per heavy atom. The van der Waals surface area contributed by atoms with E-state index in [2.05, 4.69) is 5.32 Å². The maximum Gasteiger partial charge on any atom is 0.339 e. The predicted molar refractivity (Wildman–Crippen MR) is 103 cm³/mol. The van der Waals surface area contributed by atoms with Crippen LogP contribution in [0.25, 0.3) is 0 Å². The SMILES string of the molecule is O=C1O[C@H](C(=O)N2CCN(C(=O)Nc3ccc(F)cc3)CC2)Cc2ccccc21. The minimum Gasteiger partial charge on any atom is -0.448 e. The van der Waals surface area contributed by atoms with Gasteiger partial charge in [0, 0.05) is 38.3 Å². The molecule has 8 heteroatoms. The smallest absolute Gasteiger partial charge is 0.339 e. The molecule has 3 amide bonds. The average molecular weight is 397 g/mol. The first kappa shape index (κ1) is 18.9. The molecule has 0 radical (unpaired) electrons. The third kappa shape index (κ3) is 4.06. The lowest BCUT2D eigenvalue weighted by Crippen LogP contribution is -2.54. The van der Waals surface area contributed by atoms with Crippen LogP contribution in [0.3, 0.4) is 0 Å². The lowest BCUT2D eigenvalue weighted by atomic mass is 9.98. The quantitative estimate of drug-likeness (QED) is 0.789. The normalized spacial score (nSPS) is 18.7. The third-order valence-electron chi connectivity index (χ3n) is 5.14. The number of esters is 1. The molecule has 1 N–H and O–H groups in total. The number of anilines is 1. The molecule has 0 unspecified atom stereocenters. The topological polar surface area (TPSA) is 79.0 Å². The number of piperazine rings is 1. The summed E-state index contributed by atoms with van der Waals surface area (Å²) in [6.45, 7) is 1.42. The number of hydrogen-bond acceptors (Lipinski definition) is 4. The second-order valence-corrected chi connectivity index (χ2v) is 7.00. The van der Waals surface area contributed by atoms with Gasteiger partial charge in [-0.3, -0.25) is 4.79 Å². The maximum atomic E-state index is 13.0. The number of halogens is 1. The van der Waals surface area contributed by atoms with Crippen LogP contribution in [0.5, 0.6) is 0 Å². The van der Waals surface area contributed by atoms with Crippen LogP contribution in [-0.4, -0.2) is 60.0 Å². The van der Waals surface area contributed by atoms with Crippen molar-refractivity contribution in [3.8, 4) is 0 Å². The minimum atomic E-state index is -0.836. The van der Waals surface area contributed by atoms with Crippen LogP contribution < -0.4 is 5.32 Å². The molecule has 0 aromatic heterocycles. The number of urea groups is 1. The summed E-state index contributed by atoms with van der Waals surface area (Å²) in [5.41, 5.74) is 1.81. The zero-order valence-electron chi connectivity index (χ0n) is 15.6. The number of nitrogens with zero attached hydrogens (tertiary/aromatic N) is 2. The van der Waals surface area contributed by atoms with Gasteiger partial charge in [-0.25, -0.2) is 14.0 Å². The monoisotopic (exact) mass is 397 g/mol. The van der Waals surface area contributed by atoms with Gasteiger partial charge in [-0.05, 0) is 35.9 Å². The van der Waals surface area contributed by atoms with Crippen molar-refractivity contribution in [2.24, 2.45) is 0 Å². The van der Waals surface area contributed by atoms with Gasteiger partial charge in [-0.2, -0.15) is 0 Å². The zero-order chi connectivity index (χ0) is 20.4. The number of benzene rings is 2. The highest BCUT2D eigenvalue weighted by atomic mass is 19.1. The molecule has 2 aromatic rings. The van der Waals surface area contributed by atoms with E-state index in [0.717, 1.165) is 5.56 Å². The largest absolute Gasteiger partial charge is 0.448 e. The molecule has 29 heavy (non-hydrogen) atoms. The number of rotatable bonds is 2. The summed E-state index contributed by atoms with van der Waals surface area (Å²) < 4.78 is 18.3. The van der Waals surface area contributed by atoms with Crippen LogP contribution in [0.15, 0.2) is 48.5 Å². The zero-order valence-corrected chi connectivity index (χ0v) is 15.6. The summed E-state index contributed by atoms with van der Waals surface area (Å²) in [6.07, 6.45) is -0.483. The second kappa shape index (κ2) is 7.90. The van der Waals surface area contributed by atoms with Crippen LogP contribution in [0, 0.1) is 5.82 Å². The van der Waals surface area contributed by atoms with Crippen molar-refractivity contribution < 1.29 is 23.5 Å². The number of fused-ring (bicyclic) bond motifs is 1. The lowest BCUT2D eigenvalue weighted by Gasteiger charge is -2.36. The second-order valence-electron chi connectivity index (χ2n) is 7.00. The van der Waals surface area contributed by atoms with E-state index in [1.165, 1.54) is 24.3 Å². The maximum absolute atomic E-state index is 13.0. The molecule has 150 valence electrons. The Labute approximate surface area is 167 Å². The first-order chi connectivity index (χ1) is 14.0. The fraction of sp³-hybridized carbons (Fsp3) is 0.286. The molecular formula is C21H20FN3O4. The molecule has 2 aliphatic heterocycles. The van der Waals surface area contributed by atoms with Gasteiger partial charge in [-0.15, -0.1) is 0 Å². The van der Waals surface area contributed by atoms with Gasteiger partial charge in [0.1, 0.15) is 5.82 Å². The van der Waals surface area contributed by atoms with Crippen molar-refractivity contribution in [3.63, 3.8) is 0 Å².